The Kier molecular flexibility index (Phi) is 5.77. The summed E-state index contributed by atoms with van der Waals surface area (Å²) in [4.78, 5) is 1.94. The molecule has 104 valence electrons. The average Bonchev–Trinajstić information content (AvgIpc) is 2.29. The molecule has 5 heteroatoms. The number of hydrogen-bond acceptors (Lipinski definition) is 4. The van der Waals surface area contributed by atoms with E-state index in [2.05, 4.69) is 5.32 Å². The van der Waals surface area contributed by atoms with Crippen LogP contribution in [0.1, 0.15) is 18.1 Å². The molecular formula is C14H20ClN3O. The minimum Gasteiger partial charge on any atom is -0.388 e. The molecule has 0 bridgehead atoms. The highest BCUT2D eigenvalue weighted by molar-refractivity contribution is 6.31. The molecule has 1 atom stereocenters. The van der Waals surface area contributed by atoms with E-state index in [1.54, 1.807) is 19.1 Å². The quantitative estimate of drug-likeness (QED) is 0.832. The molecule has 0 aliphatic carbocycles. The fourth-order valence-corrected chi connectivity index (χ4v) is 2.21. The zero-order valence-corrected chi connectivity index (χ0v) is 12.3. The van der Waals surface area contributed by atoms with Gasteiger partial charge in [-0.25, -0.2) is 0 Å². The lowest BCUT2D eigenvalue weighted by atomic mass is 10.1. The van der Waals surface area contributed by atoms with E-state index in [0.29, 0.717) is 30.2 Å². The first-order chi connectivity index (χ1) is 8.84. The summed E-state index contributed by atoms with van der Waals surface area (Å²) in [6, 6.07) is 7.26. The van der Waals surface area contributed by atoms with Crippen LogP contribution < -0.4 is 5.32 Å². The molecule has 0 radical (unpaired) electrons. The molecule has 2 N–H and O–H groups in total. The van der Waals surface area contributed by atoms with Crippen LogP contribution in [0, 0.1) is 11.3 Å². The Labute approximate surface area is 119 Å². The summed E-state index contributed by atoms with van der Waals surface area (Å²) in [6.07, 6.45) is 0. The predicted octanol–water partition coefficient (Wildman–Crippen LogP) is 1.61. The van der Waals surface area contributed by atoms with Crippen LogP contribution >= 0.6 is 11.6 Å². The number of nitrogens with zero attached hydrogens (tertiary/aromatic N) is 2. The van der Waals surface area contributed by atoms with E-state index in [0.717, 1.165) is 5.56 Å². The minimum absolute atomic E-state index is 0.474. The number of nitriles is 1. The highest BCUT2D eigenvalue weighted by Gasteiger charge is 2.20. The predicted molar refractivity (Wildman–Crippen MR) is 77.1 cm³/mol. The van der Waals surface area contributed by atoms with Gasteiger partial charge in [0.25, 0.3) is 0 Å². The smallest absolute Gasteiger partial charge is 0.0992 e. The summed E-state index contributed by atoms with van der Waals surface area (Å²) in [5.41, 5.74) is 0.678. The van der Waals surface area contributed by atoms with Gasteiger partial charge in [0.05, 0.1) is 17.2 Å². The van der Waals surface area contributed by atoms with Gasteiger partial charge in [-0.3, -0.25) is 0 Å². The maximum Gasteiger partial charge on any atom is 0.0992 e. The number of likely N-dealkylation sites (N-methyl/N-ethyl adjacent to an activating group) is 1. The Balaban J connectivity index is 2.52. The van der Waals surface area contributed by atoms with Gasteiger partial charge < -0.3 is 15.3 Å². The molecule has 1 rings (SSSR count). The molecule has 0 amide bonds. The summed E-state index contributed by atoms with van der Waals surface area (Å²) in [5.74, 6) is 0. The summed E-state index contributed by atoms with van der Waals surface area (Å²) >= 11 is 6.08. The second-order valence-electron chi connectivity index (χ2n) is 5.26. The van der Waals surface area contributed by atoms with Crippen molar-refractivity contribution in [2.45, 2.75) is 19.1 Å². The number of halogens is 1. The van der Waals surface area contributed by atoms with Crippen molar-refractivity contribution in [3.63, 3.8) is 0 Å². The Morgan fingerprint density at radius 1 is 1.47 bits per heavy atom. The highest BCUT2D eigenvalue weighted by Crippen LogP contribution is 2.17. The van der Waals surface area contributed by atoms with Crippen molar-refractivity contribution in [2.75, 3.05) is 27.2 Å². The van der Waals surface area contributed by atoms with Crippen LogP contribution in [-0.4, -0.2) is 42.8 Å². The van der Waals surface area contributed by atoms with E-state index in [9.17, 15) is 5.11 Å². The van der Waals surface area contributed by atoms with Crippen LogP contribution in [0.3, 0.4) is 0 Å². The Bertz CT molecular complexity index is 466. The number of hydrogen-bond donors (Lipinski definition) is 2. The normalized spacial score (nSPS) is 14.2. The lowest BCUT2D eigenvalue weighted by Gasteiger charge is -2.27. The van der Waals surface area contributed by atoms with E-state index >= 15 is 0 Å². The van der Waals surface area contributed by atoms with Crippen molar-refractivity contribution in [2.24, 2.45) is 0 Å². The van der Waals surface area contributed by atoms with Gasteiger partial charge in [0, 0.05) is 24.7 Å². The molecule has 4 nitrogen and oxygen atoms in total. The van der Waals surface area contributed by atoms with Crippen LogP contribution in [0.25, 0.3) is 0 Å². The molecule has 19 heavy (non-hydrogen) atoms. The first kappa shape index (κ1) is 15.9. The van der Waals surface area contributed by atoms with Crippen LogP contribution in [-0.2, 0) is 6.54 Å². The number of nitrogens with one attached hydrogen (secondary N) is 1. The lowest BCUT2D eigenvalue weighted by Crippen LogP contribution is -2.45. The van der Waals surface area contributed by atoms with Crippen molar-refractivity contribution >= 4 is 11.6 Å². The maximum absolute atomic E-state index is 10.1. The lowest BCUT2D eigenvalue weighted by molar-refractivity contribution is 0.0336. The molecule has 0 heterocycles. The highest BCUT2D eigenvalue weighted by atomic mass is 35.5. The van der Waals surface area contributed by atoms with Gasteiger partial charge >= 0.3 is 0 Å². The molecule has 1 unspecified atom stereocenters. The van der Waals surface area contributed by atoms with E-state index < -0.39 is 5.60 Å². The van der Waals surface area contributed by atoms with Crippen LogP contribution in [0.5, 0.6) is 0 Å². The first-order valence-electron chi connectivity index (χ1n) is 6.10. The SMILES string of the molecule is CN(C)CC(C)(O)CNCc1ccc(C#N)cc1Cl. The van der Waals surface area contributed by atoms with Crippen molar-refractivity contribution in [1.29, 1.82) is 5.26 Å². The third-order valence-electron chi connectivity index (χ3n) is 2.66. The van der Waals surface area contributed by atoms with Crippen molar-refractivity contribution < 1.29 is 5.11 Å². The van der Waals surface area contributed by atoms with Crippen molar-refractivity contribution in [3.8, 4) is 6.07 Å². The second-order valence-corrected chi connectivity index (χ2v) is 5.66. The third kappa shape index (κ3) is 5.58. The van der Waals surface area contributed by atoms with Crippen LogP contribution in [0.15, 0.2) is 18.2 Å². The van der Waals surface area contributed by atoms with E-state index in [1.165, 1.54) is 0 Å². The topological polar surface area (TPSA) is 59.3 Å². The number of benzene rings is 1. The van der Waals surface area contributed by atoms with Crippen molar-refractivity contribution in [3.05, 3.63) is 34.3 Å². The molecular weight excluding hydrogens is 262 g/mol. The second kappa shape index (κ2) is 6.88. The summed E-state index contributed by atoms with van der Waals surface area (Å²) in [5, 5.41) is 22.6. The Morgan fingerprint density at radius 2 is 2.16 bits per heavy atom. The molecule has 1 aromatic carbocycles. The van der Waals surface area contributed by atoms with Gasteiger partial charge in [-0.1, -0.05) is 17.7 Å². The van der Waals surface area contributed by atoms with Gasteiger partial charge in [-0.05, 0) is 38.7 Å². The molecule has 0 saturated carbocycles. The fraction of sp³-hybridized carbons (Fsp3) is 0.500. The molecule has 0 fully saturated rings. The molecule has 0 aromatic heterocycles. The van der Waals surface area contributed by atoms with Gasteiger partial charge in [0.15, 0.2) is 0 Å². The molecule has 0 aliphatic heterocycles. The Morgan fingerprint density at radius 3 is 2.68 bits per heavy atom. The maximum atomic E-state index is 10.1. The summed E-state index contributed by atoms with van der Waals surface area (Å²) < 4.78 is 0. The van der Waals surface area contributed by atoms with Crippen molar-refractivity contribution in [1.82, 2.24) is 10.2 Å². The standard InChI is InChI=1S/C14H20ClN3O/c1-14(19,10-18(2)3)9-17-8-12-5-4-11(7-16)6-13(12)15/h4-6,17,19H,8-10H2,1-3H3. The zero-order valence-electron chi connectivity index (χ0n) is 11.6. The monoisotopic (exact) mass is 281 g/mol. The number of aliphatic hydroxyl groups is 1. The van der Waals surface area contributed by atoms with Gasteiger partial charge in [-0.15, -0.1) is 0 Å². The number of rotatable bonds is 6. The molecule has 1 aromatic rings. The Hall–Kier alpha value is -1.12. The van der Waals surface area contributed by atoms with Gasteiger partial charge in [-0.2, -0.15) is 5.26 Å². The van der Waals surface area contributed by atoms with Crippen LogP contribution in [0.4, 0.5) is 0 Å². The third-order valence-corrected chi connectivity index (χ3v) is 3.01. The first-order valence-corrected chi connectivity index (χ1v) is 6.48. The van der Waals surface area contributed by atoms with Gasteiger partial charge in [0.1, 0.15) is 0 Å². The molecule has 0 spiro atoms. The van der Waals surface area contributed by atoms with E-state index in [4.69, 9.17) is 16.9 Å². The zero-order chi connectivity index (χ0) is 14.5. The molecule has 0 saturated heterocycles. The van der Waals surface area contributed by atoms with Gasteiger partial charge in [0.2, 0.25) is 0 Å². The van der Waals surface area contributed by atoms with E-state index in [-0.39, 0.29) is 0 Å². The fourth-order valence-electron chi connectivity index (χ4n) is 1.96. The van der Waals surface area contributed by atoms with Crippen LogP contribution in [0.2, 0.25) is 5.02 Å². The summed E-state index contributed by atoms with van der Waals surface area (Å²) in [6.45, 7) is 3.41. The average molecular weight is 282 g/mol. The minimum atomic E-state index is -0.789. The largest absolute Gasteiger partial charge is 0.388 e. The van der Waals surface area contributed by atoms with E-state index in [1.807, 2.05) is 31.1 Å². The molecule has 0 aliphatic rings. The summed E-state index contributed by atoms with van der Waals surface area (Å²) in [7, 11) is 3.85.